The van der Waals surface area contributed by atoms with Gasteiger partial charge < -0.3 is 18.9 Å². The quantitative estimate of drug-likeness (QED) is 0.600. The minimum absolute atomic E-state index is 0.229. The molecule has 4 rings (SSSR count). The number of alkyl halides is 2. The molecule has 2 aliphatic heterocycles. The first-order chi connectivity index (χ1) is 8.69. The Morgan fingerprint density at radius 2 is 1.00 bits per heavy atom. The number of hydrogen-bond donors (Lipinski definition) is 0. The maximum absolute atomic E-state index is 5.98. The van der Waals surface area contributed by atoms with Gasteiger partial charge in [0.2, 0.25) is 0 Å². The smallest absolute Gasteiger partial charge is 0.184 e. The first-order valence-electron chi connectivity index (χ1n) is 6.53. The highest BCUT2D eigenvalue weighted by Crippen LogP contribution is 2.62. The normalized spacial score (nSPS) is 48.3. The molecule has 18 heavy (non-hydrogen) atoms. The predicted octanol–water partition coefficient (Wildman–Crippen LogP) is 2.04. The lowest BCUT2D eigenvalue weighted by atomic mass is 9.94. The summed E-state index contributed by atoms with van der Waals surface area (Å²) in [5, 5.41) is 0. The molecule has 2 heterocycles. The molecule has 4 nitrogen and oxygen atoms in total. The third kappa shape index (κ3) is 1.40. The molecule has 6 heteroatoms. The zero-order chi connectivity index (χ0) is 12.4. The summed E-state index contributed by atoms with van der Waals surface area (Å²) >= 11 is 7.50. The Hall–Kier alpha value is 0.800. The molecule has 2 spiro atoms. The Balaban J connectivity index is 1.71. The minimum Gasteiger partial charge on any atom is -0.346 e. The topological polar surface area (TPSA) is 36.9 Å². The molecule has 4 fully saturated rings. The Morgan fingerprint density at radius 1 is 0.667 bits per heavy atom. The van der Waals surface area contributed by atoms with Crippen LogP contribution in [0.25, 0.3) is 0 Å². The standard InChI is InChI=1S/C12H16Br2O4/c13-9-6-8-7(11(9)15-1-2-16-11)5-10(14)12(8)17-3-4-18-12/h7-10H,1-6H2/t7-,8-,9?,10?/m0/s1. The Kier molecular flexibility index (Phi) is 2.89. The van der Waals surface area contributed by atoms with Crippen molar-refractivity contribution in [2.24, 2.45) is 11.8 Å². The van der Waals surface area contributed by atoms with E-state index in [0.29, 0.717) is 38.3 Å². The van der Waals surface area contributed by atoms with Crippen molar-refractivity contribution in [1.29, 1.82) is 0 Å². The van der Waals surface area contributed by atoms with E-state index in [-0.39, 0.29) is 9.65 Å². The van der Waals surface area contributed by atoms with Crippen molar-refractivity contribution >= 4 is 31.9 Å². The zero-order valence-corrected chi connectivity index (χ0v) is 13.1. The second-order valence-corrected chi connectivity index (χ2v) is 7.67. The van der Waals surface area contributed by atoms with Gasteiger partial charge in [-0.3, -0.25) is 0 Å². The molecule has 0 aromatic carbocycles. The largest absolute Gasteiger partial charge is 0.346 e. The van der Waals surface area contributed by atoms with E-state index in [1.165, 1.54) is 0 Å². The third-order valence-electron chi connectivity index (χ3n) is 4.79. The van der Waals surface area contributed by atoms with Crippen molar-refractivity contribution in [2.75, 3.05) is 26.4 Å². The van der Waals surface area contributed by atoms with Crippen LogP contribution in [0.1, 0.15) is 12.8 Å². The lowest BCUT2D eigenvalue weighted by Crippen LogP contribution is -2.43. The fraction of sp³-hybridized carbons (Fsp3) is 1.00. The average Bonchev–Trinajstić information content (AvgIpc) is 3.07. The molecule has 0 aromatic heterocycles. The predicted molar refractivity (Wildman–Crippen MR) is 70.9 cm³/mol. The van der Waals surface area contributed by atoms with Crippen molar-refractivity contribution in [3.8, 4) is 0 Å². The van der Waals surface area contributed by atoms with E-state index in [1.54, 1.807) is 0 Å². The minimum atomic E-state index is -0.463. The SMILES string of the molecule is BrC1C[C@H]2[C@H](CC(Br)C23OCCO3)C12OCCO2. The van der Waals surface area contributed by atoms with E-state index < -0.39 is 11.6 Å². The lowest BCUT2D eigenvalue weighted by Gasteiger charge is -2.32. The van der Waals surface area contributed by atoms with Crippen molar-refractivity contribution < 1.29 is 18.9 Å². The van der Waals surface area contributed by atoms with Gasteiger partial charge in [0.05, 0.1) is 36.1 Å². The number of rotatable bonds is 0. The summed E-state index contributed by atoms with van der Waals surface area (Å²) in [5.41, 5.74) is 0. The zero-order valence-electron chi connectivity index (χ0n) is 9.94. The number of hydrogen-bond acceptors (Lipinski definition) is 4. The van der Waals surface area contributed by atoms with Crippen LogP contribution in [-0.2, 0) is 18.9 Å². The van der Waals surface area contributed by atoms with Crippen LogP contribution in [0.5, 0.6) is 0 Å². The van der Waals surface area contributed by atoms with E-state index in [1.807, 2.05) is 0 Å². The molecule has 0 aromatic rings. The molecule has 2 saturated heterocycles. The van der Waals surface area contributed by atoms with Gasteiger partial charge in [-0.15, -0.1) is 0 Å². The molecular formula is C12H16Br2O4. The van der Waals surface area contributed by atoms with Gasteiger partial charge in [-0.2, -0.15) is 0 Å². The van der Waals surface area contributed by atoms with Gasteiger partial charge in [0, 0.05) is 11.8 Å². The van der Waals surface area contributed by atoms with Gasteiger partial charge in [0.15, 0.2) is 11.6 Å². The molecule has 102 valence electrons. The van der Waals surface area contributed by atoms with Gasteiger partial charge in [-0.05, 0) is 12.8 Å². The van der Waals surface area contributed by atoms with Crippen molar-refractivity contribution in [3.63, 3.8) is 0 Å². The average molecular weight is 384 g/mol. The van der Waals surface area contributed by atoms with Crippen LogP contribution in [0.15, 0.2) is 0 Å². The molecule has 2 unspecified atom stereocenters. The molecule has 4 aliphatic rings. The molecule has 2 saturated carbocycles. The van der Waals surface area contributed by atoms with E-state index >= 15 is 0 Å². The van der Waals surface area contributed by atoms with Crippen LogP contribution in [0.4, 0.5) is 0 Å². The van der Waals surface area contributed by atoms with Crippen molar-refractivity contribution in [2.45, 2.75) is 34.1 Å². The summed E-state index contributed by atoms with van der Waals surface area (Å²) in [4.78, 5) is 0.458. The van der Waals surface area contributed by atoms with Crippen molar-refractivity contribution in [3.05, 3.63) is 0 Å². The van der Waals surface area contributed by atoms with Gasteiger partial charge in [0.25, 0.3) is 0 Å². The summed E-state index contributed by atoms with van der Waals surface area (Å²) in [5.74, 6) is -0.246. The van der Waals surface area contributed by atoms with Gasteiger partial charge in [-0.1, -0.05) is 31.9 Å². The lowest BCUT2D eigenvalue weighted by molar-refractivity contribution is -0.202. The van der Waals surface area contributed by atoms with E-state index in [4.69, 9.17) is 18.9 Å². The van der Waals surface area contributed by atoms with Crippen LogP contribution >= 0.6 is 31.9 Å². The van der Waals surface area contributed by atoms with E-state index in [0.717, 1.165) is 12.8 Å². The number of halogens is 2. The highest BCUT2D eigenvalue weighted by atomic mass is 79.9. The van der Waals surface area contributed by atoms with Crippen molar-refractivity contribution in [1.82, 2.24) is 0 Å². The first kappa shape index (κ1) is 12.5. The third-order valence-corrected chi connectivity index (χ3v) is 6.82. The van der Waals surface area contributed by atoms with Gasteiger partial charge in [-0.25, -0.2) is 0 Å². The fourth-order valence-corrected chi connectivity index (χ4v) is 6.15. The molecule has 2 aliphatic carbocycles. The second kappa shape index (κ2) is 4.15. The monoisotopic (exact) mass is 382 g/mol. The number of fused-ring (bicyclic) bond motifs is 3. The highest BCUT2D eigenvalue weighted by molar-refractivity contribution is 9.09. The molecule has 0 bridgehead atoms. The second-order valence-electron chi connectivity index (χ2n) is 5.46. The summed E-state index contributed by atoms with van der Waals surface area (Å²) in [6, 6.07) is 0. The Bertz CT molecular complexity index is 318. The molecule has 0 radical (unpaired) electrons. The van der Waals surface area contributed by atoms with Crippen LogP contribution < -0.4 is 0 Å². The molecule has 0 amide bonds. The molecular weight excluding hydrogens is 368 g/mol. The Morgan fingerprint density at radius 3 is 1.33 bits per heavy atom. The fourth-order valence-electron chi connectivity index (χ4n) is 4.13. The maximum Gasteiger partial charge on any atom is 0.184 e. The summed E-state index contributed by atoms with van der Waals surface area (Å²) in [7, 11) is 0. The summed E-state index contributed by atoms with van der Waals surface area (Å²) in [6.45, 7) is 2.75. The van der Waals surface area contributed by atoms with Gasteiger partial charge >= 0.3 is 0 Å². The summed E-state index contributed by atoms with van der Waals surface area (Å²) < 4.78 is 23.9. The van der Waals surface area contributed by atoms with Crippen LogP contribution in [0.3, 0.4) is 0 Å². The summed E-state index contributed by atoms with van der Waals surface area (Å²) in [6.07, 6.45) is 1.96. The first-order valence-corrected chi connectivity index (χ1v) is 8.36. The van der Waals surface area contributed by atoms with Crippen LogP contribution in [0.2, 0.25) is 0 Å². The van der Waals surface area contributed by atoms with Crippen LogP contribution in [-0.4, -0.2) is 47.7 Å². The van der Waals surface area contributed by atoms with E-state index in [2.05, 4.69) is 31.9 Å². The Labute approximate surface area is 123 Å². The van der Waals surface area contributed by atoms with Crippen LogP contribution in [0, 0.1) is 11.8 Å². The highest BCUT2D eigenvalue weighted by Gasteiger charge is 2.70. The maximum atomic E-state index is 5.98. The molecule has 4 atom stereocenters. The number of ether oxygens (including phenoxy) is 4. The molecule has 0 N–H and O–H groups in total. The van der Waals surface area contributed by atoms with Gasteiger partial charge in [0.1, 0.15) is 0 Å². The van der Waals surface area contributed by atoms with E-state index in [9.17, 15) is 0 Å².